The van der Waals surface area contributed by atoms with Crippen molar-refractivity contribution in [2.75, 3.05) is 21.3 Å². The molecule has 0 radical (unpaired) electrons. The third-order valence-electron chi connectivity index (χ3n) is 1.87. The fraction of sp³-hybridized carbons (Fsp3) is 0.455. The van der Waals surface area contributed by atoms with Crippen LogP contribution in [0, 0.1) is 0 Å². The van der Waals surface area contributed by atoms with E-state index in [1.54, 1.807) is 0 Å². The quantitative estimate of drug-likeness (QED) is 0.296. The molecule has 0 aliphatic rings. The summed E-state index contributed by atoms with van der Waals surface area (Å²) in [4.78, 5) is 22.3. The van der Waals surface area contributed by atoms with Gasteiger partial charge >= 0.3 is 11.9 Å². The van der Waals surface area contributed by atoms with E-state index in [1.165, 1.54) is 27.4 Å². The van der Waals surface area contributed by atoms with E-state index < -0.39 is 11.9 Å². The van der Waals surface area contributed by atoms with Crippen LogP contribution in [0.1, 0.15) is 12.8 Å². The zero-order valence-electron chi connectivity index (χ0n) is 9.74. The monoisotopic (exact) mass is 228 g/mol. The van der Waals surface area contributed by atoms with Gasteiger partial charge in [0.2, 0.25) is 0 Å². The van der Waals surface area contributed by atoms with Gasteiger partial charge in [0.15, 0.2) is 0 Å². The summed E-state index contributed by atoms with van der Waals surface area (Å²) in [5.41, 5.74) is 0.319. The lowest BCUT2D eigenvalue weighted by Crippen LogP contribution is -2.08. The first kappa shape index (κ1) is 14.2. The molecule has 0 saturated carbocycles. The summed E-state index contributed by atoms with van der Waals surface area (Å²) in [6.45, 7) is 3.55. The minimum Gasteiger partial charge on any atom is -0.497 e. The molecule has 0 unspecified atom stereocenters. The average Bonchev–Trinajstić information content (AvgIpc) is 2.32. The lowest BCUT2D eigenvalue weighted by atomic mass is 10.1. The number of rotatable bonds is 6. The predicted molar refractivity (Wildman–Crippen MR) is 57.5 cm³/mol. The first-order chi connectivity index (χ1) is 7.54. The smallest absolute Gasteiger partial charge is 0.333 e. The average molecular weight is 228 g/mol. The molecule has 0 bridgehead atoms. The molecule has 5 heteroatoms. The van der Waals surface area contributed by atoms with Gasteiger partial charge in [-0.05, 0) is 12.5 Å². The molecule has 0 aliphatic carbocycles. The van der Waals surface area contributed by atoms with Gasteiger partial charge in [-0.15, -0.1) is 0 Å². The molecular weight excluding hydrogens is 212 g/mol. The van der Waals surface area contributed by atoms with E-state index in [0.717, 1.165) is 0 Å². The fourth-order valence-corrected chi connectivity index (χ4v) is 0.956. The molecule has 0 fully saturated rings. The maximum absolute atomic E-state index is 11.3. The third kappa shape index (κ3) is 5.19. The van der Waals surface area contributed by atoms with E-state index in [2.05, 4.69) is 16.1 Å². The predicted octanol–water partition coefficient (Wildman–Crippen LogP) is 1.20. The van der Waals surface area contributed by atoms with Gasteiger partial charge in [-0.1, -0.05) is 6.58 Å². The Morgan fingerprint density at radius 2 is 1.69 bits per heavy atom. The van der Waals surface area contributed by atoms with E-state index in [0.29, 0.717) is 11.3 Å². The number of hydrogen-bond donors (Lipinski definition) is 0. The standard InChI is InChI=1S/C11H16O5/c1-8(14-2)7-9(11(13)16-4)5-6-10(12)15-3/h7H,1,5-6H2,2-4H3/b9-7-. The Hall–Kier alpha value is -1.78. The summed E-state index contributed by atoms with van der Waals surface area (Å²) in [6, 6.07) is 0. The van der Waals surface area contributed by atoms with Gasteiger partial charge in [0.05, 0.1) is 21.3 Å². The normalized spacial score (nSPS) is 10.6. The van der Waals surface area contributed by atoms with Crippen LogP contribution in [0.5, 0.6) is 0 Å². The first-order valence-electron chi connectivity index (χ1n) is 4.63. The summed E-state index contributed by atoms with van der Waals surface area (Å²) < 4.78 is 13.9. The van der Waals surface area contributed by atoms with E-state index in [9.17, 15) is 9.59 Å². The molecule has 5 nitrogen and oxygen atoms in total. The number of carbonyl (C=O) groups is 2. The molecule has 0 N–H and O–H groups in total. The van der Waals surface area contributed by atoms with Crippen molar-refractivity contribution < 1.29 is 23.8 Å². The third-order valence-corrected chi connectivity index (χ3v) is 1.87. The molecular formula is C11H16O5. The van der Waals surface area contributed by atoms with Gasteiger partial charge in [-0.3, -0.25) is 4.79 Å². The highest BCUT2D eigenvalue weighted by Gasteiger charge is 2.12. The molecule has 0 aromatic rings. The maximum Gasteiger partial charge on any atom is 0.333 e. The van der Waals surface area contributed by atoms with Crippen molar-refractivity contribution in [2.24, 2.45) is 0 Å². The van der Waals surface area contributed by atoms with Crippen LogP contribution in [0.2, 0.25) is 0 Å². The van der Waals surface area contributed by atoms with E-state index in [1.807, 2.05) is 0 Å². The molecule has 0 aromatic carbocycles. The zero-order chi connectivity index (χ0) is 12.6. The number of methoxy groups -OCH3 is 3. The highest BCUT2D eigenvalue weighted by molar-refractivity contribution is 5.89. The number of allylic oxidation sites excluding steroid dienone is 1. The number of ether oxygens (including phenoxy) is 3. The number of hydrogen-bond acceptors (Lipinski definition) is 5. The van der Waals surface area contributed by atoms with Gasteiger partial charge in [0, 0.05) is 12.0 Å². The molecule has 0 aliphatic heterocycles. The second-order valence-corrected chi connectivity index (χ2v) is 2.91. The summed E-state index contributed by atoms with van der Waals surface area (Å²) in [5.74, 6) is -0.579. The minimum atomic E-state index is -0.512. The summed E-state index contributed by atoms with van der Waals surface area (Å²) in [6.07, 6.45) is 1.77. The Morgan fingerprint density at radius 1 is 1.06 bits per heavy atom. The number of esters is 2. The van der Waals surface area contributed by atoms with Crippen LogP contribution in [0.3, 0.4) is 0 Å². The topological polar surface area (TPSA) is 61.8 Å². The van der Waals surface area contributed by atoms with E-state index in [-0.39, 0.29) is 12.8 Å². The molecule has 0 saturated heterocycles. The van der Waals surface area contributed by atoms with Crippen molar-refractivity contribution >= 4 is 11.9 Å². The zero-order valence-corrected chi connectivity index (χ0v) is 9.74. The van der Waals surface area contributed by atoms with Gasteiger partial charge in [0.1, 0.15) is 5.76 Å². The maximum atomic E-state index is 11.3. The van der Waals surface area contributed by atoms with Gasteiger partial charge in [-0.2, -0.15) is 0 Å². The Kier molecular flexibility index (Phi) is 6.67. The van der Waals surface area contributed by atoms with Crippen molar-refractivity contribution in [1.82, 2.24) is 0 Å². The number of carbonyl (C=O) groups excluding carboxylic acids is 2. The molecule has 90 valence electrons. The Balaban J connectivity index is 4.56. The lowest BCUT2D eigenvalue weighted by Gasteiger charge is -2.05. The van der Waals surface area contributed by atoms with Crippen molar-refractivity contribution in [2.45, 2.75) is 12.8 Å². The summed E-state index contributed by atoms with van der Waals surface area (Å²) in [7, 11) is 4.00. The second kappa shape index (κ2) is 7.50. The van der Waals surface area contributed by atoms with Crippen LogP contribution in [0.25, 0.3) is 0 Å². The van der Waals surface area contributed by atoms with Crippen molar-refractivity contribution in [1.29, 1.82) is 0 Å². The van der Waals surface area contributed by atoms with Crippen LogP contribution in [0.4, 0.5) is 0 Å². The Labute approximate surface area is 94.7 Å². The van der Waals surface area contributed by atoms with Crippen molar-refractivity contribution in [3.63, 3.8) is 0 Å². The second-order valence-electron chi connectivity index (χ2n) is 2.91. The highest BCUT2D eigenvalue weighted by atomic mass is 16.5. The Morgan fingerprint density at radius 3 is 2.12 bits per heavy atom. The van der Waals surface area contributed by atoms with E-state index >= 15 is 0 Å². The van der Waals surface area contributed by atoms with Gasteiger partial charge in [-0.25, -0.2) is 4.79 Å². The van der Waals surface area contributed by atoms with Crippen LogP contribution in [0.15, 0.2) is 24.0 Å². The summed E-state index contributed by atoms with van der Waals surface area (Å²) in [5, 5.41) is 0. The highest BCUT2D eigenvalue weighted by Crippen LogP contribution is 2.11. The van der Waals surface area contributed by atoms with Crippen LogP contribution in [-0.2, 0) is 23.8 Å². The van der Waals surface area contributed by atoms with Crippen molar-refractivity contribution in [3.05, 3.63) is 24.0 Å². The SMILES string of the molecule is C=C(/C=C(/CCC(=O)OC)C(=O)OC)OC. The lowest BCUT2D eigenvalue weighted by molar-refractivity contribution is -0.140. The van der Waals surface area contributed by atoms with Crippen LogP contribution >= 0.6 is 0 Å². The summed E-state index contributed by atoms with van der Waals surface area (Å²) >= 11 is 0. The molecule has 0 aromatic heterocycles. The molecule has 0 heterocycles. The molecule has 0 atom stereocenters. The largest absolute Gasteiger partial charge is 0.497 e. The van der Waals surface area contributed by atoms with Crippen molar-refractivity contribution in [3.8, 4) is 0 Å². The van der Waals surface area contributed by atoms with E-state index in [4.69, 9.17) is 4.74 Å². The molecule has 0 spiro atoms. The van der Waals surface area contributed by atoms with Crippen LogP contribution in [-0.4, -0.2) is 33.3 Å². The molecule has 0 rings (SSSR count). The van der Waals surface area contributed by atoms with Gasteiger partial charge in [0.25, 0.3) is 0 Å². The fourth-order valence-electron chi connectivity index (χ4n) is 0.956. The minimum absolute atomic E-state index is 0.106. The van der Waals surface area contributed by atoms with Crippen LogP contribution < -0.4 is 0 Å². The van der Waals surface area contributed by atoms with Gasteiger partial charge < -0.3 is 14.2 Å². The first-order valence-corrected chi connectivity index (χ1v) is 4.63. The molecule has 0 amide bonds. The molecule has 16 heavy (non-hydrogen) atoms. The Bertz CT molecular complexity index is 303.